The summed E-state index contributed by atoms with van der Waals surface area (Å²) >= 11 is 6.15. The lowest BCUT2D eigenvalue weighted by Gasteiger charge is -2.08. The molecule has 1 nitrogen and oxygen atoms in total. The number of Topliss-reactive ketones (excluding diaryl/α,β-unsaturated/α-hetero) is 1. The van der Waals surface area contributed by atoms with Gasteiger partial charge in [-0.3, -0.25) is 4.79 Å². The second-order valence-corrected chi connectivity index (χ2v) is 5.95. The van der Waals surface area contributed by atoms with E-state index in [1.165, 1.54) is 12.5 Å². The Hall–Kier alpha value is -1.60. The van der Waals surface area contributed by atoms with E-state index in [1.54, 1.807) is 6.07 Å². The summed E-state index contributed by atoms with van der Waals surface area (Å²) in [5.74, 6) is 0.652. The first-order valence-corrected chi connectivity index (χ1v) is 7.25. The third kappa shape index (κ3) is 3.49. The summed E-state index contributed by atoms with van der Waals surface area (Å²) in [7, 11) is 0. The fourth-order valence-corrected chi connectivity index (χ4v) is 2.60. The molecular formula is C18H19ClO. The molecule has 0 saturated heterocycles. The molecule has 0 atom stereocenters. The Morgan fingerprint density at radius 3 is 2.15 bits per heavy atom. The number of hydrogen-bond acceptors (Lipinski definition) is 1. The summed E-state index contributed by atoms with van der Waals surface area (Å²) in [4.78, 5) is 11.4. The van der Waals surface area contributed by atoms with Crippen LogP contribution in [0.2, 0.25) is 5.02 Å². The Kier molecular flexibility index (Phi) is 4.61. The van der Waals surface area contributed by atoms with Crippen LogP contribution < -0.4 is 0 Å². The van der Waals surface area contributed by atoms with Crippen molar-refractivity contribution in [3.63, 3.8) is 0 Å². The molecule has 0 spiro atoms. The molecule has 2 heteroatoms. The molecule has 0 saturated carbocycles. The maximum absolute atomic E-state index is 11.4. The van der Waals surface area contributed by atoms with Crippen LogP contribution in [-0.4, -0.2) is 5.78 Å². The van der Waals surface area contributed by atoms with Gasteiger partial charge in [-0.25, -0.2) is 0 Å². The van der Waals surface area contributed by atoms with E-state index in [0.717, 1.165) is 17.5 Å². The van der Waals surface area contributed by atoms with Crippen molar-refractivity contribution < 1.29 is 4.79 Å². The van der Waals surface area contributed by atoms with Gasteiger partial charge in [0, 0.05) is 5.56 Å². The number of hydrogen-bond donors (Lipinski definition) is 0. The Morgan fingerprint density at radius 2 is 1.65 bits per heavy atom. The number of benzene rings is 2. The van der Waals surface area contributed by atoms with Crippen LogP contribution in [0.1, 0.15) is 36.7 Å². The minimum Gasteiger partial charge on any atom is -0.294 e. The van der Waals surface area contributed by atoms with Crippen molar-refractivity contribution in [3.05, 3.63) is 58.6 Å². The monoisotopic (exact) mass is 286 g/mol. The van der Waals surface area contributed by atoms with Gasteiger partial charge in [0.15, 0.2) is 5.78 Å². The van der Waals surface area contributed by atoms with Crippen molar-refractivity contribution in [2.24, 2.45) is 5.92 Å². The minimum atomic E-state index is -0.00571. The summed E-state index contributed by atoms with van der Waals surface area (Å²) in [5, 5.41) is 0.515. The van der Waals surface area contributed by atoms with Crippen molar-refractivity contribution in [1.82, 2.24) is 0 Å². The summed E-state index contributed by atoms with van der Waals surface area (Å²) in [6, 6.07) is 14.1. The van der Waals surface area contributed by atoms with Gasteiger partial charge in [-0.2, -0.15) is 0 Å². The molecule has 0 fully saturated rings. The number of halogens is 1. The van der Waals surface area contributed by atoms with Crippen molar-refractivity contribution in [2.75, 3.05) is 0 Å². The number of carbonyl (C=O) groups excluding carboxylic acids is 1. The molecule has 20 heavy (non-hydrogen) atoms. The molecule has 0 N–H and O–H groups in total. The van der Waals surface area contributed by atoms with Crippen molar-refractivity contribution in [1.29, 1.82) is 0 Å². The predicted molar refractivity (Wildman–Crippen MR) is 85.4 cm³/mol. The van der Waals surface area contributed by atoms with Gasteiger partial charge in [-0.15, -0.1) is 0 Å². The van der Waals surface area contributed by atoms with Crippen LogP contribution in [0.3, 0.4) is 0 Å². The molecule has 104 valence electrons. The van der Waals surface area contributed by atoms with E-state index in [9.17, 15) is 4.79 Å². The first-order chi connectivity index (χ1) is 9.47. The molecule has 0 aliphatic rings. The number of carbonyl (C=O) groups is 1. The van der Waals surface area contributed by atoms with Gasteiger partial charge in [0.05, 0.1) is 5.02 Å². The normalized spacial score (nSPS) is 10.8. The van der Waals surface area contributed by atoms with Crippen LogP contribution in [0.15, 0.2) is 42.5 Å². The molecule has 0 bridgehead atoms. The molecule has 0 radical (unpaired) electrons. The lowest BCUT2D eigenvalue weighted by molar-refractivity contribution is 0.101. The number of ketones is 1. The molecule has 0 unspecified atom stereocenters. The van der Waals surface area contributed by atoms with Gasteiger partial charge in [0.1, 0.15) is 0 Å². The first-order valence-electron chi connectivity index (χ1n) is 6.87. The third-order valence-corrected chi connectivity index (χ3v) is 3.59. The zero-order valence-corrected chi connectivity index (χ0v) is 12.9. The Balaban J connectivity index is 2.28. The highest BCUT2D eigenvalue weighted by atomic mass is 35.5. The average Bonchev–Trinajstić information content (AvgIpc) is 2.38. The van der Waals surface area contributed by atoms with E-state index in [1.807, 2.05) is 12.1 Å². The molecular weight excluding hydrogens is 268 g/mol. The lowest BCUT2D eigenvalue weighted by atomic mass is 9.98. The number of rotatable bonds is 4. The summed E-state index contributed by atoms with van der Waals surface area (Å²) in [6.45, 7) is 5.96. The molecule has 0 aliphatic heterocycles. The van der Waals surface area contributed by atoms with Crippen LogP contribution in [-0.2, 0) is 6.42 Å². The van der Waals surface area contributed by atoms with E-state index in [2.05, 4.69) is 38.1 Å². The van der Waals surface area contributed by atoms with E-state index in [0.29, 0.717) is 16.5 Å². The summed E-state index contributed by atoms with van der Waals surface area (Å²) in [5.41, 5.74) is 4.08. The second kappa shape index (κ2) is 6.23. The highest BCUT2D eigenvalue weighted by Gasteiger charge is 2.07. The Bertz CT molecular complexity index is 612. The quantitative estimate of drug-likeness (QED) is 0.687. The fourth-order valence-electron chi connectivity index (χ4n) is 2.28. The molecule has 2 aromatic carbocycles. The van der Waals surface area contributed by atoms with Gasteiger partial charge in [0.25, 0.3) is 0 Å². The van der Waals surface area contributed by atoms with Crippen LogP contribution in [0.5, 0.6) is 0 Å². The van der Waals surface area contributed by atoms with Gasteiger partial charge < -0.3 is 0 Å². The zero-order chi connectivity index (χ0) is 14.7. The van der Waals surface area contributed by atoms with Gasteiger partial charge in [0.2, 0.25) is 0 Å². The Morgan fingerprint density at radius 1 is 1.05 bits per heavy atom. The topological polar surface area (TPSA) is 17.1 Å². The van der Waals surface area contributed by atoms with Crippen LogP contribution in [0.4, 0.5) is 0 Å². The van der Waals surface area contributed by atoms with Gasteiger partial charge in [-0.05, 0) is 48.1 Å². The highest BCUT2D eigenvalue weighted by molar-refractivity contribution is 6.34. The van der Waals surface area contributed by atoms with E-state index in [4.69, 9.17) is 11.6 Å². The van der Waals surface area contributed by atoms with Crippen molar-refractivity contribution in [2.45, 2.75) is 27.2 Å². The molecule has 0 heterocycles. The Labute approximate surface area is 125 Å². The molecule has 0 amide bonds. The largest absolute Gasteiger partial charge is 0.294 e. The first kappa shape index (κ1) is 14.8. The van der Waals surface area contributed by atoms with E-state index >= 15 is 0 Å². The van der Waals surface area contributed by atoms with Crippen molar-refractivity contribution in [3.8, 4) is 11.1 Å². The fraction of sp³-hybridized carbons (Fsp3) is 0.278. The molecule has 2 aromatic rings. The molecule has 0 aromatic heterocycles. The van der Waals surface area contributed by atoms with Crippen LogP contribution in [0.25, 0.3) is 11.1 Å². The highest BCUT2D eigenvalue weighted by Crippen LogP contribution is 2.26. The predicted octanol–water partition coefficient (Wildman–Crippen LogP) is 5.41. The second-order valence-electron chi connectivity index (χ2n) is 5.55. The standard InChI is InChI=1S/C18H19ClO/c1-12(2)10-14-4-6-15(7-5-14)16-8-9-17(13(3)20)18(19)11-16/h4-9,11-12H,10H2,1-3H3. The molecule has 0 aliphatic carbocycles. The smallest absolute Gasteiger partial charge is 0.161 e. The van der Waals surface area contributed by atoms with Gasteiger partial charge >= 0.3 is 0 Å². The van der Waals surface area contributed by atoms with E-state index < -0.39 is 0 Å². The van der Waals surface area contributed by atoms with Crippen LogP contribution >= 0.6 is 11.6 Å². The lowest BCUT2D eigenvalue weighted by Crippen LogP contribution is -1.94. The SMILES string of the molecule is CC(=O)c1ccc(-c2ccc(CC(C)C)cc2)cc1Cl. The average molecular weight is 287 g/mol. The minimum absolute atomic E-state index is 0.00571. The van der Waals surface area contributed by atoms with Crippen LogP contribution in [0, 0.1) is 5.92 Å². The third-order valence-electron chi connectivity index (χ3n) is 3.28. The summed E-state index contributed by atoms with van der Waals surface area (Å²) < 4.78 is 0. The van der Waals surface area contributed by atoms with Crippen molar-refractivity contribution >= 4 is 17.4 Å². The van der Waals surface area contributed by atoms with Gasteiger partial charge in [-0.1, -0.05) is 55.8 Å². The maximum Gasteiger partial charge on any atom is 0.161 e. The molecule has 2 rings (SSSR count). The summed E-state index contributed by atoms with van der Waals surface area (Å²) in [6.07, 6.45) is 1.09. The van der Waals surface area contributed by atoms with E-state index in [-0.39, 0.29) is 5.78 Å². The zero-order valence-electron chi connectivity index (χ0n) is 12.1. The maximum atomic E-state index is 11.4.